The standard InChI is InChI=1S/C26H26BrN3OS/c1-29(2)16-9-17-30(26-28-22-15-14-21(27)18-23(22)32-26)25(31)24(19-10-5-3-6-11-19)20-12-7-4-8-13-20/h3-8,10-15,18,24H,9,16-17H2,1-2H3. The van der Waals surface area contributed by atoms with E-state index in [0.717, 1.165) is 43.9 Å². The van der Waals surface area contributed by atoms with Crippen LogP contribution in [0.4, 0.5) is 5.13 Å². The molecular weight excluding hydrogens is 482 g/mol. The number of fused-ring (bicyclic) bond motifs is 1. The predicted molar refractivity (Wildman–Crippen MR) is 138 cm³/mol. The van der Waals surface area contributed by atoms with E-state index in [2.05, 4.69) is 41.0 Å². The molecule has 0 fully saturated rings. The molecule has 0 aliphatic rings. The lowest BCUT2D eigenvalue weighted by Gasteiger charge is -2.26. The largest absolute Gasteiger partial charge is 0.309 e. The molecule has 4 rings (SSSR count). The molecule has 4 aromatic rings. The molecule has 6 heteroatoms. The minimum Gasteiger partial charge on any atom is -0.309 e. The Kier molecular flexibility index (Phi) is 7.35. The van der Waals surface area contributed by atoms with E-state index in [9.17, 15) is 4.79 Å². The molecule has 0 bridgehead atoms. The number of halogens is 1. The lowest BCUT2D eigenvalue weighted by Crippen LogP contribution is -2.37. The Morgan fingerprint density at radius 3 is 2.16 bits per heavy atom. The Labute approximate surface area is 201 Å². The van der Waals surface area contributed by atoms with Crippen LogP contribution in [0.15, 0.2) is 83.3 Å². The van der Waals surface area contributed by atoms with E-state index in [1.807, 2.05) is 77.7 Å². The second-order valence-electron chi connectivity index (χ2n) is 8.01. The molecule has 0 spiro atoms. The van der Waals surface area contributed by atoms with Crippen LogP contribution < -0.4 is 4.90 Å². The van der Waals surface area contributed by atoms with Crippen molar-refractivity contribution >= 4 is 48.5 Å². The van der Waals surface area contributed by atoms with Gasteiger partial charge in [-0.1, -0.05) is 87.9 Å². The summed E-state index contributed by atoms with van der Waals surface area (Å²) < 4.78 is 2.08. The van der Waals surface area contributed by atoms with Gasteiger partial charge in [0.1, 0.15) is 0 Å². The van der Waals surface area contributed by atoms with Crippen molar-refractivity contribution in [2.75, 3.05) is 32.1 Å². The lowest BCUT2D eigenvalue weighted by atomic mass is 9.90. The first-order valence-corrected chi connectivity index (χ1v) is 12.3. The summed E-state index contributed by atoms with van der Waals surface area (Å²) in [6.07, 6.45) is 0.870. The summed E-state index contributed by atoms with van der Waals surface area (Å²) in [6, 6.07) is 26.1. The number of rotatable bonds is 8. The minimum absolute atomic E-state index is 0.0549. The first-order valence-electron chi connectivity index (χ1n) is 10.6. The normalized spacial score (nSPS) is 11.4. The topological polar surface area (TPSA) is 36.4 Å². The van der Waals surface area contributed by atoms with E-state index in [0.29, 0.717) is 6.54 Å². The number of carbonyl (C=O) groups excluding carboxylic acids is 1. The molecule has 1 amide bonds. The molecule has 0 radical (unpaired) electrons. The molecular formula is C26H26BrN3OS. The third kappa shape index (κ3) is 5.26. The molecule has 0 aliphatic carbocycles. The molecule has 1 aromatic heterocycles. The molecule has 0 atom stereocenters. The monoisotopic (exact) mass is 507 g/mol. The number of aromatic nitrogens is 1. The Bertz CT molecular complexity index is 1140. The van der Waals surface area contributed by atoms with Gasteiger partial charge in [0, 0.05) is 11.0 Å². The average Bonchev–Trinajstić information content (AvgIpc) is 3.21. The van der Waals surface area contributed by atoms with E-state index in [1.165, 1.54) is 0 Å². The Morgan fingerprint density at radius 2 is 1.56 bits per heavy atom. The van der Waals surface area contributed by atoms with Crippen LogP contribution in [-0.4, -0.2) is 43.0 Å². The first kappa shape index (κ1) is 22.6. The maximum absolute atomic E-state index is 14.1. The zero-order valence-electron chi connectivity index (χ0n) is 18.2. The fourth-order valence-electron chi connectivity index (χ4n) is 3.77. The van der Waals surface area contributed by atoms with Crippen molar-refractivity contribution in [3.63, 3.8) is 0 Å². The van der Waals surface area contributed by atoms with Crippen LogP contribution in [0, 0.1) is 0 Å². The summed E-state index contributed by atoms with van der Waals surface area (Å²) in [6.45, 7) is 1.52. The SMILES string of the molecule is CN(C)CCCN(C(=O)C(c1ccccc1)c1ccccc1)c1nc2ccc(Br)cc2s1. The van der Waals surface area contributed by atoms with Crippen molar-refractivity contribution in [2.45, 2.75) is 12.3 Å². The number of nitrogens with zero attached hydrogens (tertiary/aromatic N) is 3. The highest BCUT2D eigenvalue weighted by atomic mass is 79.9. The van der Waals surface area contributed by atoms with E-state index in [4.69, 9.17) is 4.98 Å². The first-order chi connectivity index (χ1) is 15.5. The van der Waals surface area contributed by atoms with Crippen LogP contribution in [0.5, 0.6) is 0 Å². The van der Waals surface area contributed by atoms with Crippen molar-refractivity contribution < 1.29 is 4.79 Å². The molecule has 4 nitrogen and oxygen atoms in total. The maximum atomic E-state index is 14.1. The number of thiazole rings is 1. The fourth-order valence-corrected chi connectivity index (χ4v) is 5.32. The highest BCUT2D eigenvalue weighted by Crippen LogP contribution is 2.34. The van der Waals surface area contributed by atoms with Gasteiger partial charge in [-0.05, 0) is 56.4 Å². The molecule has 0 N–H and O–H groups in total. The van der Waals surface area contributed by atoms with Gasteiger partial charge in [-0.3, -0.25) is 9.69 Å². The van der Waals surface area contributed by atoms with Crippen molar-refractivity contribution in [3.05, 3.63) is 94.5 Å². The third-order valence-electron chi connectivity index (χ3n) is 5.34. The fraction of sp³-hybridized carbons (Fsp3) is 0.231. The van der Waals surface area contributed by atoms with Crippen molar-refractivity contribution in [2.24, 2.45) is 0 Å². The summed E-state index contributed by atoms with van der Waals surface area (Å²) in [5, 5.41) is 0.749. The molecule has 0 aliphatic heterocycles. The maximum Gasteiger partial charge on any atom is 0.240 e. The zero-order chi connectivity index (χ0) is 22.5. The summed E-state index contributed by atoms with van der Waals surface area (Å²) in [5.41, 5.74) is 2.89. The lowest BCUT2D eigenvalue weighted by molar-refractivity contribution is -0.119. The molecule has 164 valence electrons. The molecule has 32 heavy (non-hydrogen) atoms. The number of benzene rings is 3. The van der Waals surface area contributed by atoms with E-state index >= 15 is 0 Å². The van der Waals surface area contributed by atoms with Gasteiger partial charge in [0.25, 0.3) is 0 Å². The van der Waals surface area contributed by atoms with Gasteiger partial charge in [-0.15, -0.1) is 0 Å². The van der Waals surface area contributed by atoms with Gasteiger partial charge in [-0.25, -0.2) is 4.98 Å². The van der Waals surface area contributed by atoms with Gasteiger partial charge < -0.3 is 4.90 Å². The van der Waals surface area contributed by atoms with Crippen molar-refractivity contribution in [1.82, 2.24) is 9.88 Å². The number of hydrogen-bond donors (Lipinski definition) is 0. The highest BCUT2D eigenvalue weighted by Gasteiger charge is 2.30. The van der Waals surface area contributed by atoms with Crippen LogP contribution >= 0.6 is 27.3 Å². The van der Waals surface area contributed by atoms with Crippen molar-refractivity contribution in [3.8, 4) is 0 Å². The third-order valence-corrected chi connectivity index (χ3v) is 6.87. The Balaban J connectivity index is 1.75. The number of carbonyl (C=O) groups is 1. The van der Waals surface area contributed by atoms with Crippen LogP contribution in [0.3, 0.4) is 0 Å². The molecule has 0 unspecified atom stereocenters. The number of hydrogen-bond acceptors (Lipinski definition) is 4. The zero-order valence-corrected chi connectivity index (χ0v) is 20.6. The van der Waals surface area contributed by atoms with Gasteiger partial charge in [0.15, 0.2) is 5.13 Å². The van der Waals surface area contributed by atoms with Gasteiger partial charge in [-0.2, -0.15) is 0 Å². The molecule has 0 saturated heterocycles. The van der Waals surface area contributed by atoms with Crippen molar-refractivity contribution in [1.29, 1.82) is 0 Å². The van der Waals surface area contributed by atoms with Crippen LogP contribution in [-0.2, 0) is 4.79 Å². The van der Waals surface area contributed by atoms with E-state index < -0.39 is 0 Å². The smallest absolute Gasteiger partial charge is 0.240 e. The Hall–Kier alpha value is -2.54. The van der Waals surface area contributed by atoms with E-state index in [-0.39, 0.29) is 11.8 Å². The summed E-state index contributed by atoms with van der Waals surface area (Å²) in [5.74, 6) is -0.324. The quantitative estimate of drug-likeness (QED) is 0.285. The van der Waals surface area contributed by atoms with Crippen LogP contribution in [0.1, 0.15) is 23.5 Å². The number of amides is 1. The summed E-state index contributed by atoms with van der Waals surface area (Å²) in [4.78, 5) is 23.0. The number of anilines is 1. The summed E-state index contributed by atoms with van der Waals surface area (Å²) in [7, 11) is 4.11. The second kappa shape index (κ2) is 10.4. The Morgan fingerprint density at radius 1 is 0.938 bits per heavy atom. The second-order valence-corrected chi connectivity index (χ2v) is 9.93. The van der Waals surface area contributed by atoms with Crippen LogP contribution in [0.2, 0.25) is 0 Å². The average molecular weight is 508 g/mol. The van der Waals surface area contributed by atoms with Gasteiger partial charge in [0.2, 0.25) is 5.91 Å². The van der Waals surface area contributed by atoms with E-state index in [1.54, 1.807) is 11.3 Å². The van der Waals surface area contributed by atoms with Crippen LogP contribution in [0.25, 0.3) is 10.2 Å². The molecule has 1 heterocycles. The highest BCUT2D eigenvalue weighted by molar-refractivity contribution is 9.10. The predicted octanol–water partition coefficient (Wildman–Crippen LogP) is 6.18. The summed E-state index contributed by atoms with van der Waals surface area (Å²) >= 11 is 5.11. The van der Waals surface area contributed by atoms with Gasteiger partial charge >= 0.3 is 0 Å². The molecule has 3 aromatic carbocycles. The molecule has 0 saturated carbocycles. The minimum atomic E-state index is -0.379. The van der Waals surface area contributed by atoms with Gasteiger partial charge in [0.05, 0.1) is 16.1 Å².